The minimum Gasteiger partial charge on any atom is -0.351 e. The molecule has 1 rings (SSSR count). The van der Waals surface area contributed by atoms with Gasteiger partial charge in [-0.05, 0) is 20.3 Å². The van der Waals surface area contributed by atoms with E-state index in [0.717, 1.165) is 19.6 Å². The summed E-state index contributed by atoms with van der Waals surface area (Å²) in [5.74, 6) is 0. The molecular weight excluding hydrogens is 130 g/mol. The van der Waals surface area contributed by atoms with Crippen LogP contribution < -0.4 is 5.73 Å². The zero-order chi connectivity index (χ0) is 7.61. The van der Waals surface area contributed by atoms with Gasteiger partial charge in [0.15, 0.2) is 6.29 Å². The molecule has 0 unspecified atom stereocenters. The molecule has 0 aromatic rings. The number of nitrogens with two attached hydrogens (primary N) is 1. The van der Waals surface area contributed by atoms with E-state index in [1.54, 1.807) is 0 Å². The number of hydrogen-bond acceptors (Lipinski definition) is 3. The molecule has 0 saturated carbocycles. The van der Waals surface area contributed by atoms with E-state index in [4.69, 9.17) is 15.2 Å². The molecule has 60 valence electrons. The van der Waals surface area contributed by atoms with Gasteiger partial charge in [0.25, 0.3) is 0 Å². The third kappa shape index (κ3) is 1.94. The molecule has 0 aromatic carbocycles. The van der Waals surface area contributed by atoms with E-state index in [1.165, 1.54) is 0 Å². The Bertz CT molecular complexity index is 103. The molecule has 2 N–H and O–H groups in total. The lowest BCUT2D eigenvalue weighted by Gasteiger charge is -2.33. The molecule has 0 aromatic heterocycles. The van der Waals surface area contributed by atoms with Gasteiger partial charge in [-0.2, -0.15) is 0 Å². The van der Waals surface area contributed by atoms with Crippen molar-refractivity contribution < 1.29 is 9.47 Å². The first-order valence-electron chi connectivity index (χ1n) is 3.63. The van der Waals surface area contributed by atoms with Crippen molar-refractivity contribution in [3.63, 3.8) is 0 Å². The first-order valence-corrected chi connectivity index (χ1v) is 3.63. The van der Waals surface area contributed by atoms with Crippen LogP contribution >= 0.6 is 0 Å². The molecule has 0 amide bonds. The second-order valence-corrected chi connectivity index (χ2v) is 3.25. The average Bonchev–Trinajstić information content (AvgIpc) is 1.88. The molecule has 3 nitrogen and oxygen atoms in total. The third-order valence-corrected chi connectivity index (χ3v) is 1.43. The molecule has 10 heavy (non-hydrogen) atoms. The zero-order valence-corrected chi connectivity index (χ0v) is 6.59. The maximum absolute atomic E-state index is 5.76. The van der Waals surface area contributed by atoms with E-state index in [2.05, 4.69) is 0 Å². The van der Waals surface area contributed by atoms with Gasteiger partial charge in [0.2, 0.25) is 0 Å². The summed E-state index contributed by atoms with van der Waals surface area (Å²) in [4.78, 5) is 0. The fourth-order valence-electron chi connectivity index (χ4n) is 0.917. The Hall–Kier alpha value is -0.120. The van der Waals surface area contributed by atoms with Crippen molar-refractivity contribution in [2.75, 3.05) is 13.2 Å². The Morgan fingerprint density at radius 1 is 1.30 bits per heavy atom. The molecule has 1 fully saturated rings. The normalized spacial score (nSPS) is 23.1. The minimum atomic E-state index is -0.375. The van der Waals surface area contributed by atoms with E-state index in [-0.39, 0.29) is 11.8 Å². The maximum Gasteiger partial charge on any atom is 0.174 e. The molecule has 1 aliphatic rings. The minimum absolute atomic E-state index is 0.221. The summed E-state index contributed by atoms with van der Waals surface area (Å²) in [5, 5.41) is 0. The highest BCUT2D eigenvalue weighted by Crippen LogP contribution is 2.14. The second-order valence-electron chi connectivity index (χ2n) is 3.25. The molecule has 3 heteroatoms. The largest absolute Gasteiger partial charge is 0.351 e. The van der Waals surface area contributed by atoms with Gasteiger partial charge in [-0.15, -0.1) is 0 Å². The van der Waals surface area contributed by atoms with Crippen molar-refractivity contribution in [3.8, 4) is 0 Å². The van der Waals surface area contributed by atoms with Crippen molar-refractivity contribution in [3.05, 3.63) is 0 Å². The molecule has 1 aliphatic heterocycles. The summed E-state index contributed by atoms with van der Waals surface area (Å²) in [6, 6.07) is 0. The van der Waals surface area contributed by atoms with Gasteiger partial charge in [-0.25, -0.2) is 0 Å². The zero-order valence-electron chi connectivity index (χ0n) is 6.59. The number of ether oxygens (including phenoxy) is 2. The van der Waals surface area contributed by atoms with Crippen LogP contribution in [0.1, 0.15) is 20.3 Å². The van der Waals surface area contributed by atoms with Crippen LogP contribution in [0.4, 0.5) is 0 Å². The second kappa shape index (κ2) is 2.86. The summed E-state index contributed by atoms with van der Waals surface area (Å²) in [6.45, 7) is 5.35. The van der Waals surface area contributed by atoms with Crippen LogP contribution in [0.25, 0.3) is 0 Å². The number of hydrogen-bond donors (Lipinski definition) is 1. The predicted octanol–water partition coefficient (Wildman–Crippen LogP) is 0.487. The van der Waals surface area contributed by atoms with Gasteiger partial charge in [-0.1, -0.05) is 0 Å². The smallest absolute Gasteiger partial charge is 0.174 e. The van der Waals surface area contributed by atoms with E-state index in [9.17, 15) is 0 Å². The standard InChI is InChI=1S/C7H15NO2/c1-7(2,8)6-9-4-3-5-10-6/h6H,3-5,8H2,1-2H3. The van der Waals surface area contributed by atoms with Crippen LogP contribution in [-0.4, -0.2) is 25.0 Å². The topological polar surface area (TPSA) is 44.5 Å². The van der Waals surface area contributed by atoms with E-state index >= 15 is 0 Å². The molecule has 0 radical (unpaired) electrons. The van der Waals surface area contributed by atoms with Crippen molar-refractivity contribution in [2.24, 2.45) is 5.73 Å². The lowest BCUT2D eigenvalue weighted by atomic mass is 10.1. The highest BCUT2D eigenvalue weighted by Gasteiger charge is 2.28. The van der Waals surface area contributed by atoms with Crippen LogP contribution in [-0.2, 0) is 9.47 Å². The number of rotatable bonds is 1. The van der Waals surface area contributed by atoms with Crippen molar-refractivity contribution in [1.82, 2.24) is 0 Å². The highest BCUT2D eigenvalue weighted by molar-refractivity contribution is 4.77. The van der Waals surface area contributed by atoms with Crippen LogP contribution in [0.2, 0.25) is 0 Å². The van der Waals surface area contributed by atoms with Crippen LogP contribution in [0.15, 0.2) is 0 Å². The SMILES string of the molecule is CC(C)(N)C1OCCCO1. The Labute approximate surface area is 61.5 Å². The molecule has 0 atom stereocenters. The molecule has 0 spiro atoms. The fourth-order valence-corrected chi connectivity index (χ4v) is 0.917. The van der Waals surface area contributed by atoms with Crippen LogP contribution in [0, 0.1) is 0 Å². The Morgan fingerprint density at radius 2 is 1.80 bits per heavy atom. The van der Waals surface area contributed by atoms with E-state index < -0.39 is 0 Å². The van der Waals surface area contributed by atoms with Gasteiger partial charge in [0.1, 0.15) is 0 Å². The molecule has 0 aliphatic carbocycles. The lowest BCUT2D eigenvalue weighted by molar-refractivity contribution is -0.205. The quantitative estimate of drug-likeness (QED) is 0.584. The van der Waals surface area contributed by atoms with E-state index in [0.29, 0.717) is 0 Å². The van der Waals surface area contributed by atoms with Gasteiger partial charge >= 0.3 is 0 Å². The molecule has 0 bridgehead atoms. The Balaban J connectivity index is 2.39. The van der Waals surface area contributed by atoms with Crippen molar-refractivity contribution >= 4 is 0 Å². The Morgan fingerprint density at radius 3 is 2.10 bits per heavy atom. The molecule has 1 heterocycles. The van der Waals surface area contributed by atoms with Crippen molar-refractivity contribution in [1.29, 1.82) is 0 Å². The van der Waals surface area contributed by atoms with Crippen LogP contribution in [0.5, 0.6) is 0 Å². The summed E-state index contributed by atoms with van der Waals surface area (Å²) in [5.41, 5.74) is 5.39. The third-order valence-electron chi connectivity index (χ3n) is 1.43. The lowest BCUT2D eigenvalue weighted by Crippen LogP contribution is -2.50. The Kier molecular flexibility index (Phi) is 2.28. The molecule has 1 saturated heterocycles. The average molecular weight is 145 g/mol. The van der Waals surface area contributed by atoms with Gasteiger partial charge in [-0.3, -0.25) is 0 Å². The van der Waals surface area contributed by atoms with Gasteiger partial charge < -0.3 is 15.2 Å². The summed E-state index contributed by atoms with van der Waals surface area (Å²) in [6.07, 6.45) is 0.758. The van der Waals surface area contributed by atoms with Crippen molar-refractivity contribution in [2.45, 2.75) is 32.1 Å². The fraction of sp³-hybridized carbons (Fsp3) is 1.00. The monoisotopic (exact) mass is 145 g/mol. The highest BCUT2D eigenvalue weighted by atomic mass is 16.7. The first-order chi connectivity index (χ1) is 4.61. The molecular formula is C7H15NO2. The van der Waals surface area contributed by atoms with E-state index in [1.807, 2.05) is 13.8 Å². The maximum atomic E-state index is 5.76. The van der Waals surface area contributed by atoms with Gasteiger partial charge in [0.05, 0.1) is 18.8 Å². The summed E-state index contributed by atoms with van der Waals surface area (Å²) < 4.78 is 10.6. The summed E-state index contributed by atoms with van der Waals surface area (Å²) in [7, 11) is 0. The first kappa shape index (κ1) is 7.98. The summed E-state index contributed by atoms with van der Waals surface area (Å²) >= 11 is 0. The van der Waals surface area contributed by atoms with Gasteiger partial charge in [0, 0.05) is 0 Å². The predicted molar refractivity (Wildman–Crippen MR) is 38.6 cm³/mol. The van der Waals surface area contributed by atoms with Crippen LogP contribution in [0.3, 0.4) is 0 Å².